The van der Waals surface area contributed by atoms with Gasteiger partial charge in [-0.2, -0.15) is 0 Å². The predicted molar refractivity (Wildman–Crippen MR) is 80.9 cm³/mol. The van der Waals surface area contributed by atoms with Crippen LogP contribution in [0.4, 0.5) is 0 Å². The van der Waals surface area contributed by atoms with Gasteiger partial charge in [0.25, 0.3) is 0 Å². The molecule has 2 N–H and O–H groups in total. The number of nitrogens with one attached hydrogen (secondary N) is 1. The van der Waals surface area contributed by atoms with Gasteiger partial charge in [0.1, 0.15) is 5.54 Å². The molecule has 0 aromatic carbocycles. The minimum Gasteiger partial charge on any atom is -0.480 e. The van der Waals surface area contributed by atoms with Crippen molar-refractivity contribution in [2.45, 2.75) is 76.9 Å². The monoisotopic (exact) mass is 282 g/mol. The molecule has 0 aromatic rings. The quantitative estimate of drug-likeness (QED) is 0.813. The summed E-state index contributed by atoms with van der Waals surface area (Å²) < 4.78 is 0. The van der Waals surface area contributed by atoms with E-state index in [1.165, 1.54) is 12.8 Å². The maximum atomic E-state index is 11.7. The Labute approximate surface area is 122 Å². The predicted octanol–water partition coefficient (Wildman–Crippen LogP) is 2.48. The SMILES string of the molecule is CCCNC1(C(=O)O)CCC(N2CCCC(C)C2C)C1. The van der Waals surface area contributed by atoms with Crippen molar-refractivity contribution >= 4 is 5.97 Å². The summed E-state index contributed by atoms with van der Waals surface area (Å²) in [4.78, 5) is 14.3. The Morgan fingerprint density at radius 2 is 2.15 bits per heavy atom. The van der Waals surface area contributed by atoms with Crippen molar-refractivity contribution in [3.05, 3.63) is 0 Å². The summed E-state index contributed by atoms with van der Waals surface area (Å²) in [5, 5.41) is 13.0. The maximum absolute atomic E-state index is 11.7. The molecule has 2 fully saturated rings. The third-order valence-electron chi connectivity index (χ3n) is 5.50. The Kier molecular flexibility index (Phi) is 5.08. The molecule has 0 bridgehead atoms. The van der Waals surface area contributed by atoms with E-state index >= 15 is 0 Å². The number of piperidine rings is 1. The first-order chi connectivity index (χ1) is 9.50. The zero-order valence-corrected chi connectivity index (χ0v) is 13.2. The average Bonchev–Trinajstić information content (AvgIpc) is 2.85. The van der Waals surface area contributed by atoms with E-state index in [9.17, 15) is 9.90 Å². The standard InChI is InChI=1S/C16H30N2O2/c1-4-9-17-16(15(19)20)8-7-14(11-16)18-10-5-6-12(2)13(18)3/h12-14,17H,4-11H2,1-3H3,(H,19,20). The number of carboxylic acids is 1. The highest BCUT2D eigenvalue weighted by Gasteiger charge is 2.47. The molecule has 0 aromatic heterocycles. The summed E-state index contributed by atoms with van der Waals surface area (Å²) in [5.74, 6) is 0.0679. The first-order valence-corrected chi connectivity index (χ1v) is 8.24. The van der Waals surface area contributed by atoms with E-state index < -0.39 is 11.5 Å². The molecule has 4 unspecified atom stereocenters. The molecule has 2 aliphatic rings. The number of rotatable bonds is 5. The Morgan fingerprint density at radius 1 is 1.40 bits per heavy atom. The van der Waals surface area contributed by atoms with Gasteiger partial charge in [-0.05, 0) is 64.5 Å². The van der Waals surface area contributed by atoms with Crippen LogP contribution in [-0.4, -0.2) is 46.7 Å². The van der Waals surface area contributed by atoms with Crippen molar-refractivity contribution < 1.29 is 9.90 Å². The van der Waals surface area contributed by atoms with Gasteiger partial charge in [0.2, 0.25) is 0 Å². The van der Waals surface area contributed by atoms with Crippen molar-refractivity contribution in [3.8, 4) is 0 Å². The zero-order chi connectivity index (χ0) is 14.8. The molecule has 1 saturated carbocycles. The maximum Gasteiger partial charge on any atom is 0.323 e. The molecule has 4 atom stereocenters. The molecular formula is C16H30N2O2. The summed E-state index contributed by atoms with van der Waals surface area (Å²) in [5.41, 5.74) is -0.679. The van der Waals surface area contributed by atoms with Gasteiger partial charge >= 0.3 is 5.97 Å². The second-order valence-electron chi connectivity index (χ2n) is 6.81. The number of aliphatic carboxylic acids is 1. The minimum atomic E-state index is -0.679. The van der Waals surface area contributed by atoms with Crippen LogP contribution in [0.2, 0.25) is 0 Å². The molecular weight excluding hydrogens is 252 g/mol. The lowest BCUT2D eigenvalue weighted by molar-refractivity contribution is -0.144. The van der Waals surface area contributed by atoms with E-state index in [0.717, 1.165) is 44.7 Å². The van der Waals surface area contributed by atoms with Crippen molar-refractivity contribution in [1.82, 2.24) is 10.2 Å². The Balaban J connectivity index is 2.04. The van der Waals surface area contributed by atoms with E-state index in [-0.39, 0.29) is 0 Å². The van der Waals surface area contributed by atoms with E-state index in [1.807, 2.05) is 0 Å². The average molecular weight is 282 g/mol. The molecule has 0 radical (unpaired) electrons. The van der Waals surface area contributed by atoms with Gasteiger partial charge in [-0.25, -0.2) is 0 Å². The largest absolute Gasteiger partial charge is 0.480 e. The fraction of sp³-hybridized carbons (Fsp3) is 0.938. The van der Waals surface area contributed by atoms with Crippen LogP contribution in [0.15, 0.2) is 0 Å². The van der Waals surface area contributed by atoms with Crippen LogP contribution in [0.5, 0.6) is 0 Å². The van der Waals surface area contributed by atoms with Gasteiger partial charge < -0.3 is 10.4 Å². The van der Waals surface area contributed by atoms with Crippen LogP contribution in [0, 0.1) is 5.92 Å². The lowest BCUT2D eigenvalue weighted by atomic mass is 9.89. The van der Waals surface area contributed by atoms with Crippen LogP contribution in [-0.2, 0) is 4.79 Å². The van der Waals surface area contributed by atoms with Gasteiger partial charge in [0.15, 0.2) is 0 Å². The van der Waals surface area contributed by atoms with Gasteiger partial charge in [-0.3, -0.25) is 9.69 Å². The minimum absolute atomic E-state index is 0.438. The molecule has 4 nitrogen and oxygen atoms in total. The van der Waals surface area contributed by atoms with Crippen LogP contribution in [0.3, 0.4) is 0 Å². The highest BCUT2D eigenvalue weighted by Crippen LogP contribution is 2.37. The van der Waals surface area contributed by atoms with Crippen LogP contribution in [0.25, 0.3) is 0 Å². The third-order valence-corrected chi connectivity index (χ3v) is 5.50. The fourth-order valence-electron chi connectivity index (χ4n) is 3.98. The number of nitrogens with zero attached hydrogens (tertiary/aromatic N) is 1. The molecule has 1 aliphatic carbocycles. The number of carboxylic acid groups (broad SMARTS) is 1. The number of hydrogen-bond acceptors (Lipinski definition) is 3. The summed E-state index contributed by atoms with van der Waals surface area (Å²) >= 11 is 0. The van der Waals surface area contributed by atoms with Crippen LogP contribution in [0.1, 0.15) is 59.3 Å². The summed E-state index contributed by atoms with van der Waals surface area (Å²) in [7, 11) is 0. The smallest absolute Gasteiger partial charge is 0.323 e. The number of carbonyl (C=O) groups is 1. The topological polar surface area (TPSA) is 52.6 Å². The van der Waals surface area contributed by atoms with Crippen molar-refractivity contribution in [2.24, 2.45) is 5.92 Å². The normalized spacial score (nSPS) is 39.0. The molecule has 0 spiro atoms. The number of likely N-dealkylation sites (tertiary alicyclic amines) is 1. The van der Waals surface area contributed by atoms with Crippen LogP contribution < -0.4 is 5.32 Å². The second kappa shape index (κ2) is 6.44. The van der Waals surface area contributed by atoms with Gasteiger partial charge in [-0.15, -0.1) is 0 Å². The fourth-order valence-corrected chi connectivity index (χ4v) is 3.98. The van der Waals surface area contributed by atoms with Gasteiger partial charge in [0, 0.05) is 12.1 Å². The lowest BCUT2D eigenvalue weighted by Crippen LogP contribution is -2.53. The highest BCUT2D eigenvalue weighted by molar-refractivity contribution is 5.79. The molecule has 4 heteroatoms. The van der Waals surface area contributed by atoms with Crippen LogP contribution >= 0.6 is 0 Å². The Hall–Kier alpha value is -0.610. The molecule has 20 heavy (non-hydrogen) atoms. The molecule has 1 saturated heterocycles. The molecule has 2 rings (SSSR count). The lowest BCUT2D eigenvalue weighted by Gasteiger charge is -2.42. The Bertz CT molecular complexity index is 347. The Morgan fingerprint density at radius 3 is 2.80 bits per heavy atom. The van der Waals surface area contributed by atoms with Crippen molar-refractivity contribution in [2.75, 3.05) is 13.1 Å². The van der Waals surface area contributed by atoms with E-state index in [0.29, 0.717) is 12.1 Å². The third kappa shape index (κ3) is 3.01. The summed E-state index contributed by atoms with van der Waals surface area (Å²) in [6, 6.07) is 1.03. The molecule has 1 aliphatic heterocycles. The number of hydrogen-bond donors (Lipinski definition) is 2. The molecule has 0 amide bonds. The molecule has 1 heterocycles. The first-order valence-electron chi connectivity index (χ1n) is 8.24. The summed E-state index contributed by atoms with van der Waals surface area (Å²) in [6.07, 6.45) is 6.09. The van der Waals surface area contributed by atoms with Crippen molar-refractivity contribution in [1.29, 1.82) is 0 Å². The first kappa shape index (κ1) is 15.8. The highest BCUT2D eigenvalue weighted by atomic mass is 16.4. The zero-order valence-electron chi connectivity index (χ0n) is 13.2. The van der Waals surface area contributed by atoms with Gasteiger partial charge in [-0.1, -0.05) is 13.8 Å². The van der Waals surface area contributed by atoms with E-state index in [1.54, 1.807) is 0 Å². The van der Waals surface area contributed by atoms with Crippen molar-refractivity contribution in [3.63, 3.8) is 0 Å². The van der Waals surface area contributed by atoms with E-state index in [2.05, 4.69) is 31.0 Å². The summed E-state index contributed by atoms with van der Waals surface area (Å²) in [6.45, 7) is 8.66. The molecule has 116 valence electrons. The van der Waals surface area contributed by atoms with Gasteiger partial charge in [0.05, 0.1) is 0 Å². The van der Waals surface area contributed by atoms with E-state index in [4.69, 9.17) is 0 Å². The second-order valence-corrected chi connectivity index (χ2v) is 6.81.